The Balaban J connectivity index is -0.0000000731. The van der Waals surface area contributed by atoms with Gasteiger partial charge in [0.15, 0.2) is 0 Å². The van der Waals surface area contributed by atoms with Gasteiger partial charge in [0, 0.05) is 13.2 Å². The van der Waals surface area contributed by atoms with E-state index in [2.05, 4.69) is 0 Å². The van der Waals surface area contributed by atoms with Gasteiger partial charge in [-0.3, -0.25) is 0 Å². The molecule has 0 rings (SSSR count). The molecule has 0 spiro atoms. The van der Waals surface area contributed by atoms with Gasteiger partial charge < -0.3 is 14.7 Å². The van der Waals surface area contributed by atoms with Crippen LogP contribution in [0.4, 0.5) is 8.78 Å². The summed E-state index contributed by atoms with van der Waals surface area (Å²) in [6, 6.07) is 0. The first kappa shape index (κ1) is 26.3. The minimum atomic E-state index is -2.50. The summed E-state index contributed by atoms with van der Waals surface area (Å²) in [5, 5.41) is 8.06. The van der Waals surface area contributed by atoms with Crippen LogP contribution < -0.4 is 0 Å². The number of methoxy groups -OCH3 is 1. The number of hydrogen-bond donors (Lipinski definition) is 1. The lowest BCUT2D eigenvalue weighted by Gasteiger charge is -1.94. The average molecular weight is 273 g/mol. The van der Waals surface area contributed by atoms with Gasteiger partial charge in [-0.2, -0.15) is 0 Å². The quantitative estimate of drug-likeness (QED) is 0.796. The van der Waals surface area contributed by atoms with Crippen molar-refractivity contribution in [3.63, 3.8) is 0 Å². The number of rotatable bonds is 1. The molecule has 0 aromatic carbocycles. The predicted octanol–water partition coefficient (Wildman–Crippen LogP) is 3.27. The van der Waals surface area contributed by atoms with E-state index in [4.69, 9.17) is 9.84 Å². The highest BCUT2D eigenvalue weighted by Gasteiger charge is 2.08. The third-order valence-electron chi connectivity index (χ3n) is 0.471. The van der Waals surface area contributed by atoms with Crippen molar-refractivity contribution in [2.45, 2.75) is 59.7 Å². The van der Waals surface area contributed by atoms with Gasteiger partial charge in [-0.1, -0.05) is 0 Å². The zero-order valence-corrected chi connectivity index (χ0v) is 13.7. The number of ether oxygens (including phenoxy) is 1. The molecule has 0 heterocycles. The van der Waals surface area contributed by atoms with Gasteiger partial charge in [0.05, 0.1) is 6.10 Å². The van der Waals surface area contributed by atoms with Gasteiger partial charge in [-0.15, -0.1) is 0 Å². The van der Waals surface area contributed by atoms with Crippen LogP contribution in [0.15, 0.2) is 0 Å². The van der Waals surface area contributed by atoms with Gasteiger partial charge >= 0.3 is 0 Å². The number of halogens is 2. The summed E-state index contributed by atoms with van der Waals surface area (Å²) in [7, 11) is 7.70. The normalized spacial score (nSPS) is 10.0. The minimum Gasteiger partial charge on any atom is -0.394 e. The van der Waals surface area contributed by atoms with E-state index in [0.717, 1.165) is 13.8 Å². The molecule has 5 heteroatoms. The number of aliphatic hydroxyl groups excluding tert-OH is 1. The second-order valence-corrected chi connectivity index (χ2v) is 5.05. The van der Waals surface area contributed by atoms with Crippen LogP contribution in [0.5, 0.6) is 0 Å². The molecule has 0 atom stereocenters. The maximum absolute atomic E-state index is 11.0. The third-order valence-corrected chi connectivity index (χ3v) is 0.471. The van der Waals surface area contributed by atoms with Crippen molar-refractivity contribution in [2.75, 3.05) is 28.3 Å². The van der Waals surface area contributed by atoms with Crippen molar-refractivity contribution >= 4 is 0 Å². The molecule has 0 aromatic rings. The van der Waals surface area contributed by atoms with Crippen molar-refractivity contribution in [2.24, 2.45) is 0 Å². The summed E-state index contributed by atoms with van der Waals surface area (Å²) in [6.45, 7) is 9.15. The lowest BCUT2D eigenvalue weighted by atomic mass is 10.5. The predicted molar refractivity (Wildman–Crippen MR) is 75.4 cm³/mol. The monoisotopic (exact) mass is 273 g/mol. The van der Waals surface area contributed by atoms with Crippen molar-refractivity contribution < 1.29 is 18.6 Å². The fourth-order valence-corrected chi connectivity index (χ4v) is 0. The van der Waals surface area contributed by atoms with E-state index in [1.165, 1.54) is 0 Å². The molecule has 0 saturated carbocycles. The van der Waals surface area contributed by atoms with Crippen molar-refractivity contribution in [1.29, 1.82) is 0 Å². The van der Waals surface area contributed by atoms with Crippen LogP contribution in [0.2, 0.25) is 0 Å². The van der Waals surface area contributed by atoms with Crippen molar-refractivity contribution in [1.82, 2.24) is 4.90 Å². The second kappa shape index (κ2) is 16.7. The van der Waals surface area contributed by atoms with Crippen molar-refractivity contribution in [3.05, 3.63) is 0 Å². The SMILES string of the molecule is CC(C)(F)F.CC(C)O.CN(C)C.COC(C)C. The number of alkyl halides is 2. The Morgan fingerprint density at radius 2 is 1.06 bits per heavy atom. The Bertz CT molecular complexity index is 118. The van der Waals surface area contributed by atoms with E-state index in [0.29, 0.717) is 6.10 Å². The number of aliphatic hydroxyl groups is 1. The lowest BCUT2D eigenvalue weighted by Crippen LogP contribution is -1.99. The molecule has 1 N–H and O–H groups in total. The first-order chi connectivity index (χ1) is 7.73. The molecule has 0 aliphatic rings. The Hall–Kier alpha value is -0.260. The molecule has 0 unspecified atom stereocenters. The minimum absolute atomic E-state index is 0.167. The molecular formula is C13H33F2NO2. The highest BCUT2D eigenvalue weighted by molar-refractivity contribution is 4.40. The second-order valence-electron chi connectivity index (χ2n) is 5.05. The van der Waals surface area contributed by atoms with Crippen LogP contribution in [0.3, 0.4) is 0 Å². The summed E-state index contributed by atoms with van der Waals surface area (Å²) in [6.07, 6.45) is 0.218. The summed E-state index contributed by atoms with van der Waals surface area (Å²) < 4.78 is 26.8. The Morgan fingerprint density at radius 3 is 1.06 bits per heavy atom. The highest BCUT2D eigenvalue weighted by atomic mass is 19.3. The van der Waals surface area contributed by atoms with E-state index < -0.39 is 5.92 Å². The van der Waals surface area contributed by atoms with E-state index in [1.54, 1.807) is 21.0 Å². The van der Waals surface area contributed by atoms with Crippen LogP contribution in [-0.2, 0) is 4.74 Å². The van der Waals surface area contributed by atoms with Crippen LogP contribution in [0, 0.1) is 0 Å². The van der Waals surface area contributed by atoms with Crippen molar-refractivity contribution in [3.8, 4) is 0 Å². The van der Waals surface area contributed by atoms with Crippen LogP contribution in [0.1, 0.15) is 41.5 Å². The molecule has 0 aliphatic heterocycles. The molecular weight excluding hydrogens is 240 g/mol. The summed E-state index contributed by atoms with van der Waals surface area (Å²) >= 11 is 0. The molecule has 0 aliphatic carbocycles. The van der Waals surface area contributed by atoms with E-state index in [9.17, 15) is 8.78 Å². The molecule has 116 valence electrons. The van der Waals surface area contributed by atoms with Crippen LogP contribution in [-0.4, -0.2) is 56.4 Å². The average Bonchev–Trinajstić information content (AvgIpc) is 1.98. The standard InChI is InChI=1S/C4H10O.C3H6F2.C3H9N.C3H8O/c1-4(2)5-3;1-3(2,4)5;1-4(2)3;1-3(2)4/h4H,1-3H3;1-2H3;1-3H3;3-4H,1-2H3. The molecule has 0 fully saturated rings. The zero-order chi connectivity index (χ0) is 15.9. The fraction of sp³-hybridized carbons (Fsp3) is 1.00. The van der Waals surface area contributed by atoms with Gasteiger partial charge in [0.1, 0.15) is 0 Å². The maximum atomic E-state index is 11.0. The molecule has 0 radical (unpaired) electrons. The summed E-state index contributed by atoms with van der Waals surface area (Å²) in [4.78, 5) is 2.00. The first-order valence-corrected chi connectivity index (χ1v) is 5.93. The van der Waals surface area contributed by atoms with E-state index in [1.807, 2.05) is 39.9 Å². The third kappa shape index (κ3) is 1130. The maximum Gasteiger partial charge on any atom is 0.242 e. The highest BCUT2D eigenvalue weighted by Crippen LogP contribution is 2.06. The Morgan fingerprint density at radius 1 is 1.00 bits per heavy atom. The van der Waals surface area contributed by atoms with Gasteiger partial charge in [0.2, 0.25) is 5.92 Å². The molecule has 3 nitrogen and oxygen atoms in total. The fourth-order valence-electron chi connectivity index (χ4n) is 0. The van der Waals surface area contributed by atoms with Gasteiger partial charge in [-0.05, 0) is 62.7 Å². The Kier molecular flexibility index (Phi) is 24.5. The first-order valence-electron chi connectivity index (χ1n) is 5.93. The van der Waals surface area contributed by atoms with Gasteiger partial charge in [0.25, 0.3) is 0 Å². The topological polar surface area (TPSA) is 32.7 Å². The molecule has 18 heavy (non-hydrogen) atoms. The van der Waals surface area contributed by atoms with Crippen LogP contribution >= 0.6 is 0 Å². The summed E-state index contributed by atoms with van der Waals surface area (Å²) in [5.74, 6) is -2.50. The van der Waals surface area contributed by atoms with E-state index >= 15 is 0 Å². The Labute approximate surface area is 112 Å². The number of hydrogen-bond acceptors (Lipinski definition) is 3. The van der Waals surface area contributed by atoms with E-state index in [-0.39, 0.29) is 6.10 Å². The molecule has 0 amide bonds. The number of nitrogens with zero attached hydrogens (tertiary/aromatic N) is 1. The summed E-state index contributed by atoms with van der Waals surface area (Å²) in [5.41, 5.74) is 0. The van der Waals surface area contributed by atoms with Gasteiger partial charge in [-0.25, -0.2) is 8.78 Å². The largest absolute Gasteiger partial charge is 0.394 e. The molecule has 0 saturated heterocycles. The smallest absolute Gasteiger partial charge is 0.242 e. The molecule has 0 bridgehead atoms. The lowest BCUT2D eigenvalue weighted by molar-refractivity contribution is 0.0437. The zero-order valence-electron chi connectivity index (χ0n) is 13.7. The molecule has 0 aromatic heterocycles. The van der Waals surface area contributed by atoms with Crippen LogP contribution in [0.25, 0.3) is 0 Å².